The largest absolute Gasteiger partial charge is 0.330 e. The SMILES string of the molecule is O=C(c1cc(Cc2n[nH]c(=O)c3ccccc23)ccc1F)N1CC2=C(CN(CC3CC3)C2)C1. The number of carbonyl (C=O) groups is 1. The predicted molar refractivity (Wildman–Crippen MR) is 124 cm³/mol. The molecule has 0 saturated heterocycles. The van der Waals surface area contributed by atoms with Gasteiger partial charge >= 0.3 is 0 Å². The molecule has 6 nitrogen and oxygen atoms in total. The summed E-state index contributed by atoms with van der Waals surface area (Å²) in [6, 6.07) is 11.9. The normalized spacial score (nSPS) is 18.4. The average molecular weight is 445 g/mol. The zero-order valence-electron chi connectivity index (χ0n) is 18.3. The first kappa shape index (κ1) is 20.3. The topological polar surface area (TPSA) is 69.3 Å². The molecule has 1 amide bonds. The second-order valence-corrected chi connectivity index (χ2v) is 9.52. The maximum absolute atomic E-state index is 14.7. The average Bonchev–Trinajstić information content (AvgIpc) is 3.42. The molecule has 1 N–H and O–H groups in total. The van der Waals surface area contributed by atoms with E-state index in [1.54, 1.807) is 23.1 Å². The van der Waals surface area contributed by atoms with Gasteiger partial charge in [0.1, 0.15) is 5.82 Å². The van der Waals surface area contributed by atoms with Gasteiger partial charge < -0.3 is 4.90 Å². The van der Waals surface area contributed by atoms with Gasteiger partial charge in [-0.3, -0.25) is 14.5 Å². The summed E-state index contributed by atoms with van der Waals surface area (Å²) in [5.41, 5.74) is 3.97. The monoisotopic (exact) mass is 444 g/mol. The lowest BCUT2D eigenvalue weighted by molar-refractivity contribution is 0.0785. The van der Waals surface area contributed by atoms with E-state index in [9.17, 15) is 14.0 Å². The molecule has 0 unspecified atom stereocenters. The van der Waals surface area contributed by atoms with Crippen molar-refractivity contribution in [2.24, 2.45) is 5.92 Å². The van der Waals surface area contributed by atoms with Crippen LogP contribution in [0.3, 0.4) is 0 Å². The maximum Gasteiger partial charge on any atom is 0.272 e. The minimum atomic E-state index is -0.509. The van der Waals surface area contributed by atoms with Crippen molar-refractivity contribution < 1.29 is 9.18 Å². The molecule has 0 bridgehead atoms. The zero-order chi connectivity index (χ0) is 22.5. The van der Waals surface area contributed by atoms with Crippen molar-refractivity contribution >= 4 is 16.7 Å². The first-order valence-electron chi connectivity index (χ1n) is 11.5. The number of halogens is 1. The van der Waals surface area contributed by atoms with Gasteiger partial charge in [-0.1, -0.05) is 24.3 Å². The van der Waals surface area contributed by atoms with Crippen molar-refractivity contribution in [3.05, 3.63) is 86.6 Å². The highest BCUT2D eigenvalue weighted by molar-refractivity contribution is 5.95. The van der Waals surface area contributed by atoms with Gasteiger partial charge in [-0.25, -0.2) is 9.49 Å². The Morgan fingerprint density at radius 1 is 1.03 bits per heavy atom. The lowest BCUT2D eigenvalue weighted by atomic mass is 10.0. The fourth-order valence-corrected chi connectivity index (χ4v) is 5.11. The van der Waals surface area contributed by atoms with Crippen LogP contribution in [0.2, 0.25) is 0 Å². The number of aromatic nitrogens is 2. The van der Waals surface area contributed by atoms with Crippen LogP contribution in [0.5, 0.6) is 0 Å². The van der Waals surface area contributed by atoms with Gasteiger partial charge in [0.2, 0.25) is 0 Å². The number of rotatable bonds is 5. The molecule has 3 heterocycles. The lowest BCUT2D eigenvalue weighted by Crippen LogP contribution is -2.35. The number of nitrogens with one attached hydrogen (secondary N) is 1. The molecule has 3 aromatic rings. The van der Waals surface area contributed by atoms with Gasteiger partial charge in [0.05, 0.1) is 16.6 Å². The smallest absolute Gasteiger partial charge is 0.272 e. The number of nitrogens with zero attached hydrogens (tertiary/aromatic N) is 3. The van der Waals surface area contributed by atoms with E-state index in [4.69, 9.17) is 0 Å². The van der Waals surface area contributed by atoms with E-state index in [0.717, 1.165) is 36.5 Å². The Morgan fingerprint density at radius 3 is 2.48 bits per heavy atom. The molecule has 33 heavy (non-hydrogen) atoms. The number of amides is 1. The first-order chi connectivity index (χ1) is 16.0. The molecule has 0 spiro atoms. The van der Waals surface area contributed by atoms with E-state index in [1.807, 2.05) is 18.2 Å². The van der Waals surface area contributed by atoms with E-state index in [2.05, 4.69) is 15.1 Å². The highest BCUT2D eigenvalue weighted by Crippen LogP contribution is 2.33. The standard InChI is InChI=1S/C26H25FN4O2/c27-23-8-7-17(10-24-20-3-1-2-4-21(20)25(32)29-28-24)9-22(23)26(33)31-14-18-12-30(11-16-5-6-16)13-19(18)15-31/h1-4,7-9,16H,5-6,10-15H2,(H,29,32). The molecule has 0 atom stereocenters. The summed E-state index contributed by atoms with van der Waals surface area (Å²) >= 11 is 0. The molecule has 168 valence electrons. The Hall–Kier alpha value is -3.32. The van der Waals surface area contributed by atoms with Crippen molar-refractivity contribution in [1.82, 2.24) is 20.0 Å². The highest BCUT2D eigenvalue weighted by Gasteiger charge is 2.35. The van der Waals surface area contributed by atoms with Crippen LogP contribution in [0.1, 0.15) is 34.5 Å². The van der Waals surface area contributed by atoms with Gasteiger partial charge in [-0.2, -0.15) is 5.10 Å². The number of hydrogen-bond acceptors (Lipinski definition) is 4. The Kier molecular flexibility index (Phi) is 4.87. The van der Waals surface area contributed by atoms with Crippen LogP contribution < -0.4 is 5.56 Å². The first-order valence-corrected chi connectivity index (χ1v) is 11.5. The molecular formula is C26H25FN4O2. The second-order valence-electron chi connectivity index (χ2n) is 9.52. The van der Waals surface area contributed by atoms with E-state index in [-0.39, 0.29) is 17.0 Å². The Bertz CT molecular complexity index is 1340. The molecular weight excluding hydrogens is 419 g/mol. The van der Waals surface area contributed by atoms with Crippen LogP contribution in [0.15, 0.2) is 58.4 Å². The molecule has 0 radical (unpaired) electrons. The predicted octanol–water partition coefficient (Wildman–Crippen LogP) is 3.13. The number of hydrogen-bond donors (Lipinski definition) is 1. The summed E-state index contributed by atoms with van der Waals surface area (Å²) in [6.07, 6.45) is 3.07. The fourth-order valence-electron chi connectivity index (χ4n) is 5.11. The summed E-state index contributed by atoms with van der Waals surface area (Å²) in [5.74, 6) is 0.0795. The lowest BCUT2D eigenvalue weighted by Gasteiger charge is -2.23. The van der Waals surface area contributed by atoms with E-state index >= 15 is 0 Å². The van der Waals surface area contributed by atoms with E-state index in [0.29, 0.717) is 30.6 Å². The highest BCUT2D eigenvalue weighted by atomic mass is 19.1. The zero-order valence-corrected chi connectivity index (χ0v) is 18.3. The van der Waals surface area contributed by atoms with Gasteiger partial charge in [0, 0.05) is 44.5 Å². The van der Waals surface area contributed by atoms with Crippen molar-refractivity contribution in [2.45, 2.75) is 19.3 Å². The van der Waals surface area contributed by atoms with Crippen LogP contribution in [0, 0.1) is 11.7 Å². The quantitative estimate of drug-likeness (QED) is 0.614. The Morgan fingerprint density at radius 2 is 1.76 bits per heavy atom. The molecule has 1 saturated carbocycles. The van der Waals surface area contributed by atoms with Crippen molar-refractivity contribution in [3.63, 3.8) is 0 Å². The maximum atomic E-state index is 14.7. The van der Waals surface area contributed by atoms with E-state index < -0.39 is 5.82 Å². The third-order valence-electron chi connectivity index (χ3n) is 7.00. The van der Waals surface area contributed by atoms with Crippen LogP contribution >= 0.6 is 0 Å². The molecule has 1 aromatic heterocycles. The van der Waals surface area contributed by atoms with Gasteiger partial charge in [0.25, 0.3) is 11.5 Å². The minimum absolute atomic E-state index is 0.0947. The number of benzene rings is 2. The molecule has 2 aliphatic heterocycles. The minimum Gasteiger partial charge on any atom is -0.330 e. The number of carbonyl (C=O) groups excluding carboxylic acids is 1. The fraction of sp³-hybridized carbons (Fsp3) is 0.346. The summed E-state index contributed by atoms with van der Waals surface area (Å²) in [6.45, 7) is 4.20. The number of fused-ring (bicyclic) bond motifs is 1. The molecule has 7 heteroatoms. The van der Waals surface area contributed by atoms with Crippen LogP contribution in [0.4, 0.5) is 4.39 Å². The van der Waals surface area contributed by atoms with E-state index in [1.165, 1.54) is 30.1 Å². The number of aromatic amines is 1. The molecule has 3 aliphatic rings. The van der Waals surface area contributed by atoms with Crippen molar-refractivity contribution in [1.29, 1.82) is 0 Å². The van der Waals surface area contributed by atoms with Crippen LogP contribution in [0.25, 0.3) is 10.8 Å². The molecule has 2 aromatic carbocycles. The number of H-pyrrole nitrogens is 1. The van der Waals surface area contributed by atoms with Gasteiger partial charge in [0.15, 0.2) is 0 Å². The summed E-state index contributed by atoms with van der Waals surface area (Å²) in [7, 11) is 0. The summed E-state index contributed by atoms with van der Waals surface area (Å²) < 4.78 is 14.7. The molecule has 6 rings (SSSR count). The third-order valence-corrected chi connectivity index (χ3v) is 7.00. The van der Waals surface area contributed by atoms with Gasteiger partial charge in [-0.15, -0.1) is 0 Å². The van der Waals surface area contributed by atoms with Gasteiger partial charge in [-0.05, 0) is 53.7 Å². The Balaban J connectivity index is 1.20. The van der Waals surface area contributed by atoms with Crippen molar-refractivity contribution in [3.8, 4) is 0 Å². The summed E-state index contributed by atoms with van der Waals surface area (Å²) in [4.78, 5) is 29.5. The third kappa shape index (κ3) is 3.86. The van der Waals surface area contributed by atoms with Crippen LogP contribution in [-0.2, 0) is 6.42 Å². The van der Waals surface area contributed by atoms with Crippen LogP contribution in [-0.4, -0.2) is 58.6 Å². The molecule has 1 fully saturated rings. The Labute approximate surface area is 190 Å². The second kappa shape index (κ2) is 7.92. The molecule has 1 aliphatic carbocycles. The summed E-state index contributed by atoms with van der Waals surface area (Å²) in [5, 5.41) is 8.07. The van der Waals surface area contributed by atoms with Crippen molar-refractivity contribution in [2.75, 3.05) is 32.7 Å².